The van der Waals surface area contributed by atoms with Gasteiger partial charge in [-0.25, -0.2) is 0 Å². The standard InChI is InChI=1S/C31H55N/c1-3-5-8-12-26-15-17-27(18-16-26)24-29(25-32)28-19-22-31(23-20-28,21-11-6-4-2)30-13-9-7-10-14-30/h26-30H,3-24H2,1-2H3/t26?,27?,28-,29?,31+. The Labute approximate surface area is 201 Å². The Morgan fingerprint density at radius 3 is 2.00 bits per heavy atom. The van der Waals surface area contributed by atoms with Crippen LogP contribution < -0.4 is 0 Å². The van der Waals surface area contributed by atoms with Crippen LogP contribution in [-0.4, -0.2) is 0 Å². The van der Waals surface area contributed by atoms with Gasteiger partial charge in [-0.05, 0) is 80.5 Å². The highest BCUT2D eigenvalue weighted by Crippen LogP contribution is 2.54. The van der Waals surface area contributed by atoms with Gasteiger partial charge in [-0.2, -0.15) is 5.26 Å². The fraction of sp³-hybridized carbons (Fsp3) is 0.968. The van der Waals surface area contributed by atoms with E-state index >= 15 is 0 Å². The number of nitriles is 1. The quantitative estimate of drug-likeness (QED) is 0.276. The third-order valence-electron chi connectivity index (χ3n) is 10.3. The summed E-state index contributed by atoms with van der Waals surface area (Å²) in [5.41, 5.74) is 0.642. The van der Waals surface area contributed by atoms with Crippen LogP contribution in [0.15, 0.2) is 0 Å². The molecule has 0 amide bonds. The van der Waals surface area contributed by atoms with E-state index in [0.717, 1.165) is 17.8 Å². The molecule has 0 aliphatic heterocycles. The van der Waals surface area contributed by atoms with Crippen LogP contribution in [0.5, 0.6) is 0 Å². The minimum Gasteiger partial charge on any atom is -0.198 e. The maximum atomic E-state index is 10.1. The van der Waals surface area contributed by atoms with Gasteiger partial charge < -0.3 is 0 Å². The first-order valence-corrected chi connectivity index (χ1v) is 15.1. The summed E-state index contributed by atoms with van der Waals surface area (Å²) in [7, 11) is 0. The van der Waals surface area contributed by atoms with Crippen LogP contribution in [0.25, 0.3) is 0 Å². The molecule has 3 rings (SSSR count). The molecule has 3 aliphatic carbocycles. The number of hydrogen-bond acceptors (Lipinski definition) is 1. The van der Waals surface area contributed by atoms with Crippen molar-refractivity contribution in [2.24, 2.45) is 35.0 Å². The van der Waals surface area contributed by atoms with Crippen LogP contribution in [0, 0.1) is 46.3 Å². The first-order valence-electron chi connectivity index (χ1n) is 15.1. The zero-order chi connectivity index (χ0) is 22.7. The normalized spacial score (nSPS) is 33.0. The molecule has 0 aromatic carbocycles. The third-order valence-corrected chi connectivity index (χ3v) is 10.3. The van der Waals surface area contributed by atoms with E-state index in [-0.39, 0.29) is 0 Å². The van der Waals surface area contributed by atoms with Gasteiger partial charge in [0.25, 0.3) is 0 Å². The topological polar surface area (TPSA) is 23.8 Å². The molecule has 1 unspecified atom stereocenters. The van der Waals surface area contributed by atoms with Gasteiger partial charge in [0.1, 0.15) is 0 Å². The number of hydrogen-bond donors (Lipinski definition) is 0. The summed E-state index contributed by atoms with van der Waals surface area (Å²) in [6.45, 7) is 4.66. The molecule has 3 aliphatic rings. The molecule has 3 fully saturated rings. The Bertz CT molecular complexity index is 523. The summed E-state index contributed by atoms with van der Waals surface area (Å²) in [6, 6.07) is 2.83. The van der Waals surface area contributed by atoms with E-state index in [1.807, 2.05) is 0 Å². The zero-order valence-corrected chi connectivity index (χ0v) is 21.9. The van der Waals surface area contributed by atoms with E-state index in [4.69, 9.17) is 0 Å². The molecule has 3 saturated carbocycles. The average Bonchev–Trinajstić information content (AvgIpc) is 2.85. The molecule has 1 atom stereocenters. The van der Waals surface area contributed by atoms with Crippen molar-refractivity contribution in [2.45, 2.75) is 155 Å². The predicted octanol–water partition coefficient (Wildman–Crippen LogP) is 10.2. The largest absolute Gasteiger partial charge is 0.198 e. The highest BCUT2D eigenvalue weighted by Gasteiger charge is 2.43. The van der Waals surface area contributed by atoms with Crippen LogP contribution in [0.2, 0.25) is 0 Å². The fourth-order valence-corrected chi connectivity index (χ4v) is 8.07. The van der Waals surface area contributed by atoms with Gasteiger partial charge in [0.05, 0.1) is 6.07 Å². The zero-order valence-electron chi connectivity index (χ0n) is 21.9. The molecule has 184 valence electrons. The van der Waals surface area contributed by atoms with Crippen molar-refractivity contribution in [1.82, 2.24) is 0 Å². The van der Waals surface area contributed by atoms with Gasteiger partial charge in [-0.15, -0.1) is 0 Å². The molecule has 32 heavy (non-hydrogen) atoms. The van der Waals surface area contributed by atoms with Crippen LogP contribution in [-0.2, 0) is 0 Å². The Morgan fingerprint density at radius 1 is 0.750 bits per heavy atom. The van der Waals surface area contributed by atoms with Crippen LogP contribution in [0.4, 0.5) is 0 Å². The van der Waals surface area contributed by atoms with Crippen LogP contribution in [0.1, 0.15) is 155 Å². The van der Waals surface area contributed by atoms with E-state index in [1.165, 1.54) is 141 Å². The molecule has 0 bridgehead atoms. The first-order chi connectivity index (χ1) is 15.7. The SMILES string of the molecule is CCCCCC1CCC(CC(C#N)[C@H]2CC[C@@](CCCCC)(C3CCCCC3)CC2)CC1. The molecule has 1 heteroatoms. The summed E-state index contributed by atoms with van der Waals surface area (Å²) < 4.78 is 0. The van der Waals surface area contributed by atoms with Gasteiger partial charge in [-0.1, -0.05) is 104 Å². The van der Waals surface area contributed by atoms with Gasteiger partial charge in [0, 0.05) is 5.92 Å². The number of rotatable bonds is 12. The fourth-order valence-electron chi connectivity index (χ4n) is 8.07. The second kappa shape index (κ2) is 14.0. The molecule has 0 aromatic rings. The molecule has 0 aromatic heterocycles. The first kappa shape index (κ1) is 26.1. The summed E-state index contributed by atoms with van der Waals surface area (Å²) >= 11 is 0. The van der Waals surface area contributed by atoms with E-state index < -0.39 is 0 Å². The minimum atomic E-state index is 0.344. The van der Waals surface area contributed by atoms with Gasteiger partial charge in [0.2, 0.25) is 0 Å². The molecule has 0 spiro atoms. The number of nitrogens with zero attached hydrogens (tertiary/aromatic N) is 1. The highest BCUT2D eigenvalue weighted by molar-refractivity contribution is 4.98. The summed E-state index contributed by atoms with van der Waals surface area (Å²) in [5.74, 6) is 3.88. The maximum absolute atomic E-state index is 10.1. The van der Waals surface area contributed by atoms with Gasteiger partial charge in [0.15, 0.2) is 0 Å². The van der Waals surface area contributed by atoms with Crippen molar-refractivity contribution in [3.8, 4) is 6.07 Å². The predicted molar refractivity (Wildman–Crippen MR) is 138 cm³/mol. The smallest absolute Gasteiger partial charge is 0.0658 e. The molecule has 0 N–H and O–H groups in total. The Hall–Kier alpha value is -0.510. The van der Waals surface area contributed by atoms with E-state index in [9.17, 15) is 5.26 Å². The lowest BCUT2D eigenvalue weighted by molar-refractivity contribution is 0.0272. The highest BCUT2D eigenvalue weighted by atomic mass is 14.5. The third kappa shape index (κ3) is 7.50. The van der Waals surface area contributed by atoms with E-state index in [0.29, 0.717) is 17.3 Å². The van der Waals surface area contributed by atoms with Crippen molar-refractivity contribution in [3.05, 3.63) is 0 Å². The summed E-state index contributed by atoms with van der Waals surface area (Å²) in [4.78, 5) is 0. The van der Waals surface area contributed by atoms with Gasteiger partial charge >= 0.3 is 0 Å². The van der Waals surface area contributed by atoms with E-state index in [2.05, 4.69) is 19.9 Å². The molecule has 0 radical (unpaired) electrons. The lowest BCUT2D eigenvalue weighted by atomic mass is 9.57. The van der Waals surface area contributed by atoms with E-state index in [1.54, 1.807) is 0 Å². The summed E-state index contributed by atoms with van der Waals surface area (Å²) in [6.07, 6.45) is 31.3. The summed E-state index contributed by atoms with van der Waals surface area (Å²) in [5, 5.41) is 10.1. The van der Waals surface area contributed by atoms with Crippen molar-refractivity contribution in [2.75, 3.05) is 0 Å². The Balaban J connectivity index is 1.47. The Kier molecular flexibility index (Phi) is 11.4. The van der Waals surface area contributed by atoms with Crippen molar-refractivity contribution < 1.29 is 0 Å². The molecular formula is C31H55N. The molecule has 0 saturated heterocycles. The number of unbranched alkanes of at least 4 members (excludes halogenated alkanes) is 4. The van der Waals surface area contributed by atoms with Crippen molar-refractivity contribution in [3.63, 3.8) is 0 Å². The monoisotopic (exact) mass is 441 g/mol. The van der Waals surface area contributed by atoms with Crippen molar-refractivity contribution >= 4 is 0 Å². The van der Waals surface area contributed by atoms with Crippen LogP contribution >= 0.6 is 0 Å². The van der Waals surface area contributed by atoms with Crippen LogP contribution in [0.3, 0.4) is 0 Å². The lowest BCUT2D eigenvalue weighted by Crippen LogP contribution is -2.38. The average molecular weight is 442 g/mol. The second-order valence-corrected chi connectivity index (χ2v) is 12.3. The molecular weight excluding hydrogens is 386 g/mol. The Morgan fingerprint density at radius 2 is 1.38 bits per heavy atom. The lowest BCUT2D eigenvalue weighted by Gasteiger charge is -2.48. The maximum Gasteiger partial charge on any atom is 0.0658 e. The second-order valence-electron chi connectivity index (χ2n) is 12.3. The molecule has 0 heterocycles. The van der Waals surface area contributed by atoms with Crippen molar-refractivity contribution in [1.29, 1.82) is 5.26 Å². The van der Waals surface area contributed by atoms with Gasteiger partial charge in [-0.3, -0.25) is 0 Å². The minimum absolute atomic E-state index is 0.344. The molecule has 1 nitrogen and oxygen atoms in total.